The Morgan fingerprint density at radius 2 is 1.83 bits per heavy atom. The van der Waals surface area contributed by atoms with Gasteiger partial charge in [-0.15, -0.1) is 0 Å². The summed E-state index contributed by atoms with van der Waals surface area (Å²) in [5.74, 6) is 1.04. The maximum Gasteiger partial charge on any atom is 0.307 e. The number of carboxylic acids is 1. The third-order valence-corrected chi connectivity index (χ3v) is 5.36. The van der Waals surface area contributed by atoms with Crippen molar-refractivity contribution >= 4 is 11.8 Å². The molecule has 2 heterocycles. The molecule has 5 nitrogen and oxygen atoms in total. The van der Waals surface area contributed by atoms with Crippen molar-refractivity contribution in [2.75, 3.05) is 18.5 Å². The Bertz CT molecular complexity index is 1020. The zero-order valence-corrected chi connectivity index (χ0v) is 16.9. The van der Waals surface area contributed by atoms with E-state index in [4.69, 9.17) is 14.8 Å². The van der Waals surface area contributed by atoms with E-state index in [1.807, 2.05) is 48.5 Å². The largest absolute Gasteiger partial charge is 0.493 e. The smallest absolute Gasteiger partial charge is 0.307 e. The van der Waals surface area contributed by atoms with E-state index in [2.05, 4.69) is 17.4 Å². The fourth-order valence-corrected chi connectivity index (χ4v) is 3.77. The van der Waals surface area contributed by atoms with Gasteiger partial charge in [-0.1, -0.05) is 42.5 Å². The van der Waals surface area contributed by atoms with Gasteiger partial charge < -0.3 is 15.2 Å². The number of aromatic nitrogens is 1. The molecule has 1 aromatic heterocycles. The van der Waals surface area contributed by atoms with Crippen molar-refractivity contribution in [3.8, 4) is 5.75 Å². The Kier molecular flexibility index (Phi) is 6.28. The van der Waals surface area contributed by atoms with Gasteiger partial charge in [0, 0.05) is 18.7 Å². The number of hydrogen-bond acceptors (Lipinski definition) is 4. The van der Waals surface area contributed by atoms with E-state index in [0.29, 0.717) is 13.0 Å². The van der Waals surface area contributed by atoms with Gasteiger partial charge >= 0.3 is 5.97 Å². The monoisotopic (exact) mass is 402 g/mol. The van der Waals surface area contributed by atoms with Crippen LogP contribution in [-0.2, 0) is 30.5 Å². The number of anilines is 1. The van der Waals surface area contributed by atoms with Crippen molar-refractivity contribution in [1.29, 1.82) is 0 Å². The number of fused-ring (bicyclic) bond motifs is 1. The second kappa shape index (κ2) is 9.44. The van der Waals surface area contributed by atoms with Crippen LogP contribution in [0.5, 0.6) is 5.75 Å². The molecule has 0 saturated heterocycles. The van der Waals surface area contributed by atoms with Crippen LogP contribution in [0.4, 0.5) is 5.82 Å². The number of ether oxygens (including phenoxy) is 1. The number of hydrogen-bond donors (Lipinski definition) is 2. The fraction of sp³-hybridized carbons (Fsp3) is 0.280. The first-order chi connectivity index (χ1) is 14.7. The molecular formula is C25H26N2O3. The molecule has 0 amide bonds. The summed E-state index contributed by atoms with van der Waals surface area (Å²) in [4.78, 5) is 15.8. The molecule has 154 valence electrons. The van der Waals surface area contributed by atoms with Gasteiger partial charge in [0.1, 0.15) is 11.6 Å². The minimum atomic E-state index is -0.810. The fourth-order valence-electron chi connectivity index (χ4n) is 3.77. The Labute approximate surface area is 176 Å². The number of pyridine rings is 1. The van der Waals surface area contributed by atoms with Gasteiger partial charge in [0.25, 0.3) is 0 Å². The number of rotatable bonds is 8. The van der Waals surface area contributed by atoms with Crippen LogP contribution in [0.2, 0.25) is 0 Å². The third kappa shape index (κ3) is 5.17. The van der Waals surface area contributed by atoms with E-state index in [9.17, 15) is 4.79 Å². The SMILES string of the molecule is O=C(O)Cc1ccccc1Cc1ccc(OCCc2ccc3c(n2)NCCC3)cc1. The number of carbonyl (C=O) groups is 1. The molecule has 0 aliphatic carbocycles. The molecule has 0 bridgehead atoms. The lowest BCUT2D eigenvalue weighted by molar-refractivity contribution is -0.136. The molecule has 0 fully saturated rings. The molecule has 4 rings (SSSR count). The molecule has 1 aliphatic rings. The van der Waals surface area contributed by atoms with Crippen molar-refractivity contribution in [2.45, 2.75) is 32.1 Å². The number of carboxylic acid groups (broad SMARTS) is 1. The van der Waals surface area contributed by atoms with Crippen LogP contribution in [0, 0.1) is 0 Å². The number of benzene rings is 2. The minimum Gasteiger partial charge on any atom is -0.493 e. The average molecular weight is 402 g/mol. The molecular weight excluding hydrogens is 376 g/mol. The Hall–Kier alpha value is -3.34. The highest BCUT2D eigenvalue weighted by atomic mass is 16.5. The molecule has 0 atom stereocenters. The summed E-state index contributed by atoms with van der Waals surface area (Å²) in [6, 6.07) is 20.0. The molecule has 0 radical (unpaired) electrons. The van der Waals surface area contributed by atoms with Crippen LogP contribution in [0.3, 0.4) is 0 Å². The van der Waals surface area contributed by atoms with Gasteiger partial charge in [-0.2, -0.15) is 0 Å². The average Bonchev–Trinajstić information content (AvgIpc) is 2.76. The maximum atomic E-state index is 11.1. The molecule has 3 aromatic rings. The molecule has 0 spiro atoms. The molecule has 30 heavy (non-hydrogen) atoms. The van der Waals surface area contributed by atoms with Gasteiger partial charge in [-0.3, -0.25) is 4.79 Å². The Morgan fingerprint density at radius 1 is 1.03 bits per heavy atom. The summed E-state index contributed by atoms with van der Waals surface area (Å²) in [5, 5.41) is 12.5. The second-order valence-corrected chi connectivity index (χ2v) is 7.60. The minimum absolute atomic E-state index is 0.0453. The zero-order valence-electron chi connectivity index (χ0n) is 16.9. The van der Waals surface area contributed by atoms with Gasteiger partial charge in [0.15, 0.2) is 0 Å². The summed E-state index contributed by atoms with van der Waals surface area (Å²) < 4.78 is 5.90. The molecule has 2 N–H and O–H groups in total. The molecule has 1 aliphatic heterocycles. The van der Waals surface area contributed by atoms with Crippen molar-refractivity contribution in [2.24, 2.45) is 0 Å². The first-order valence-corrected chi connectivity index (χ1v) is 10.4. The normalized spacial score (nSPS) is 12.7. The van der Waals surface area contributed by atoms with Crippen molar-refractivity contribution in [3.05, 3.63) is 88.6 Å². The quantitative estimate of drug-likeness (QED) is 0.588. The topological polar surface area (TPSA) is 71.5 Å². The van der Waals surface area contributed by atoms with Gasteiger partial charge in [0.05, 0.1) is 13.0 Å². The first-order valence-electron chi connectivity index (χ1n) is 10.4. The summed E-state index contributed by atoms with van der Waals surface area (Å²) in [5.41, 5.74) is 5.36. The van der Waals surface area contributed by atoms with Crippen LogP contribution in [0.1, 0.15) is 34.4 Å². The summed E-state index contributed by atoms with van der Waals surface area (Å²) in [6.07, 6.45) is 3.77. The van der Waals surface area contributed by atoms with E-state index in [1.165, 1.54) is 5.56 Å². The van der Waals surface area contributed by atoms with E-state index in [1.54, 1.807) is 0 Å². The number of aryl methyl sites for hydroxylation is 1. The molecule has 2 aromatic carbocycles. The standard InChI is InChI=1S/C25H26N2O3/c28-24(29)17-21-5-2-1-4-20(21)16-18-7-11-23(12-8-18)30-15-13-22-10-9-19-6-3-14-26-25(19)27-22/h1-2,4-5,7-12H,3,6,13-17H2,(H,26,27)(H,28,29). The second-order valence-electron chi connectivity index (χ2n) is 7.60. The van der Waals surface area contributed by atoms with Crippen LogP contribution in [0.15, 0.2) is 60.7 Å². The first kappa shape index (κ1) is 20.0. The van der Waals surface area contributed by atoms with Crippen LogP contribution in [0.25, 0.3) is 0 Å². The number of nitrogens with one attached hydrogen (secondary N) is 1. The number of aliphatic carboxylic acids is 1. The van der Waals surface area contributed by atoms with E-state index >= 15 is 0 Å². The predicted octanol–water partition coefficient (Wildman–Crippen LogP) is 4.28. The van der Waals surface area contributed by atoms with Crippen molar-refractivity contribution in [3.63, 3.8) is 0 Å². The highest BCUT2D eigenvalue weighted by molar-refractivity contribution is 5.70. The molecule has 5 heteroatoms. The van der Waals surface area contributed by atoms with Crippen LogP contribution in [-0.4, -0.2) is 29.2 Å². The lowest BCUT2D eigenvalue weighted by atomic mass is 9.98. The lowest BCUT2D eigenvalue weighted by Gasteiger charge is -2.17. The highest BCUT2D eigenvalue weighted by Crippen LogP contribution is 2.21. The van der Waals surface area contributed by atoms with Gasteiger partial charge in [-0.05, 0) is 59.7 Å². The van der Waals surface area contributed by atoms with E-state index < -0.39 is 5.97 Å². The highest BCUT2D eigenvalue weighted by Gasteiger charge is 2.10. The van der Waals surface area contributed by atoms with E-state index in [0.717, 1.165) is 59.8 Å². The van der Waals surface area contributed by atoms with Gasteiger partial charge in [-0.25, -0.2) is 4.98 Å². The maximum absolute atomic E-state index is 11.1. The van der Waals surface area contributed by atoms with Crippen LogP contribution >= 0.6 is 0 Å². The molecule has 0 unspecified atom stereocenters. The van der Waals surface area contributed by atoms with Crippen molar-refractivity contribution in [1.82, 2.24) is 4.98 Å². The zero-order chi connectivity index (χ0) is 20.8. The lowest BCUT2D eigenvalue weighted by Crippen LogP contribution is -2.14. The van der Waals surface area contributed by atoms with Crippen molar-refractivity contribution < 1.29 is 14.6 Å². The Morgan fingerprint density at radius 3 is 2.63 bits per heavy atom. The summed E-state index contributed by atoms with van der Waals surface area (Å²) in [7, 11) is 0. The molecule has 0 saturated carbocycles. The Balaban J connectivity index is 1.32. The number of nitrogens with zero attached hydrogens (tertiary/aromatic N) is 1. The van der Waals surface area contributed by atoms with Crippen LogP contribution < -0.4 is 10.1 Å². The third-order valence-electron chi connectivity index (χ3n) is 5.36. The van der Waals surface area contributed by atoms with Gasteiger partial charge in [0.2, 0.25) is 0 Å². The summed E-state index contributed by atoms with van der Waals surface area (Å²) >= 11 is 0. The predicted molar refractivity (Wildman–Crippen MR) is 117 cm³/mol. The van der Waals surface area contributed by atoms with E-state index in [-0.39, 0.29) is 6.42 Å². The summed E-state index contributed by atoms with van der Waals surface area (Å²) in [6.45, 7) is 1.57.